The molecule has 1 aromatic heterocycles. The van der Waals surface area contributed by atoms with Gasteiger partial charge in [0.25, 0.3) is 5.69 Å². The van der Waals surface area contributed by atoms with Gasteiger partial charge in [-0.3, -0.25) is 14.9 Å². The van der Waals surface area contributed by atoms with Crippen molar-refractivity contribution < 1.29 is 9.72 Å². The molecule has 8 nitrogen and oxygen atoms in total. The molecule has 0 aliphatic heterocycles. The smallest absolute Gasteiger partial charge is 0.269 e. The number of nitrogens with zero attached hydrogens (tertiary/aromatic N) is 5. The second-order valence-electron chi connectivity index (χ2n) is 6.67. The first-order valence-corrected chi connectivity index (χ1v) is 8.91. The number of nitro benzene ring substituents is 1. The molecule has 3 aromatic rings. The average molecular weight is 379 g/mol. The van der Waals surface area contributed by atoms with E-state index in [0.717, 1.165) is 5.56 Å². The fraction of sp³-hybridized carbons (Fsp3) is 0.250. The van der Waals surface area contributed by atoms with Crippen molar-refractivity contribution in [3.8, 4) is 11.4 Å². The first-order chi connectivity index (χ1) is 13.4. The predicted molar refractivity (Wildman–Crippen MR) is 104 cm³/mol. The lowest BCUT2D eigenvalue weighted by atomic mass is 10.2. The van der Waals surface area contributed by atoms with E-state index in [-0.39, 0.29) is 24.2 Å². The second kappa shape index (κ2) is 8.43. The Balaban J connectivity index is 1.70. The van der Waals surface area contributed by atoms with Crippen LogP contribution in [0.1, 0.15) is 19.4 Å². The number of hydrogen-bond donors (Lipinski definition) is 0. The summed E-state index contributed by atoms with van der Waals surface area (Å²) in [5.41, 5.74) is 1.73. The number of hydrogen-bond acceptors (Lipinski definition) is 5. The quantitative estimate of drug-likeness (QED) is 0.464. The largest absolute Gasteiger partial charge is 0.334 e. The van der Waals surface area contributed by atoms with Crippen LogP contribution >= 0.6 is 0 Å². The zero-order valence-corrected chi connectivity index (χ0v) is 15.7. The minimum Gasteiger partial charge on any atom is -0.334 e. The molecule has 144 valence electrons. The van der Waals surface area contributed by atoms with E-state index in [4.69, 9.17) is 0 Å². The van der Waals surface area contributed by atoms with Gasteiger partial charge in [0.05, 0.1) is 4.92 Å². The summed E-state index contributed by atoms with van der Waals surface area (Å²) in [6, 6.07) is 15.9. The zero-order chi connectivity index (χ0) is 20.1. The summed E-state index contributed by atoms with van der Waals surface area (Å²) in [7, 11) is 0. The molecule has 0 spiro atoms. The van der Waals surface area contributed by atoms with Crippen molar-refractivity contribution in [1.82, 2.24) is 19.7 Å². The van der Waals surface area contributed by atoms with E-state index in [0.29, 0.717) is 17.9 Å². The van der Waals surface area contributed by atoms with Gasteiger partial charge in [-0.15, -0.1) is 0 Å². The van der Waals surface area contributed by atoms with Gasteiger partial charge in [0.1, 0.15) is 12.9 Å². The molecular weight excluding hydrogens is 358 g/mol. The van der Waals surface area contributed by atoms with E-state index in [1.54, 1.807) is 17.0 Å². The van der Waals surface area contributed by atoms with Gasteiger partial charge in [0.15, 0.2) is 5.82 Å². The van der Waals surface area contributed by atoms with E-state index in [2.05, 4.69) is 10.1 Å². The Hall–Kier alpha value is -3.55. The molecular formula is C20H21N5O3. The summed E-state index contributed by atoms with van der Waals surface area (Å²) >= 11 is 0. The highest BCUT2D eigenvalue weighted by atomic mass is 16.6. The predicted octanol–water partition coefficient (Wildman–Crippen LogP) is 3.29. The Kier molecular flexibility index (Phi) is 5.78. The molecule has 0 atom stereocenters. The number of rotatable bonds is 7. The lowest BCUT2D eigenvalue weighted by Crippen LogP contribution is -2.38. The number of amides is 1. The van der Waals surface area contributed by atoms with Gasteiger partial charge in [0, 0.05) is 30.3 Å². The molecule has 0 unspecified atom stereocenters. The van der Waals surface area contributed by atoms with Crippen LogP contribution in [0.5, 0.6) is 0 Å². The monoisotopic (exact) mass is 379 g/mol. The van der Waals surface area contributed by atoms with Crippen molar-refractivity contribution in [1.29, 1.82) is 0 Å². The highest BCUT2D eigenvalue weighted by molar-refractivity contribution is 5.76. The molecule has 1 amide bonds. The Morgan fingerprint density at radius 2 is 1.82 bits per heavy atom. The number of aromatic nitrogens is 3. The lowest BCUT2D eigenvalue weighted by Gasteiger charge is -2.26. The van der Waals surface area contributed by atoms with Crippen molar-refractivity contribution in [2.24, 2.45) is 0 Å². The summed E-state index contributed by atoms with van der Waals surface area (Å²) < 4.78 is 1.49. The third kappa shape index (κ3) is 4.59. The fourth-order valence-electron chi connectivity index (χ4n) is 2.80. The van der Waals surface area contributed by atoms with Crippen molar-refractivity contribution in [2.75, 3.05) is 0 Å². The molecule has 0 fully saturated rings. The van der Waals surface area contributed by atoms with E-state index < -0.39 is 4.92 Å². The lowest BCUT2D eigenvalue weighted by molar-refractivity contribution is -0.384. The van der Waals surface area contributed by atoms with Crippen molar-refractivity contribution in [3.05, 3.63) is 76.6 Å². The van der Waals surface area contributed by atoms with Gasteiger partial charge in [-0.2, -0.15) is 5.10 Å². The van der Waals surface area contributed by atoms with Crippen molar-refractivity contribution >= 4 is 11.6 Å². The third-order valence-corrected chi connectivity index (χ3v) is 4.31. The van der Waals surface area contributed by atoms with Crippen LogP contribution < -0.4 is 0 Å². The standard InChI is InChI=1S/C20H21N5O3/c1-15(2)24(12-16-6-4-3-5-7-16)19(26)13-23-14-21-20(22-23)17-8-10-18(11-9-17)25(27)28/h3-11,14-15H,12-13H2,1-2H3. The second-order valence-corrected chi connectivity index (χ2v) is 6.67. The molecule has 3 rings (SSSR count). The van der Waals surface area contributed by atoms with Crippen LogP contribution in [-0.2, 0) is 17.9 Å². The molecule has 0 aliphatic carbocycles. The topological polar surface area (TPSA) is 94.2 Å². The van der Waals surface area contributed by atoms with Crippen molar-refractivity contribution in [2.45, 2.75) is 33.0 Å². The Morgan fingerprint density at radius 1 is 1.14 bits per heavy atom. The molecule has 1 heterocycles. The van der Waals surface area contributed by atoms with Gasteiger partial charge in [-0.1, -0.05) is 30.3 Å². The van der Waals surface area contributed by atoms with E-state index in [9.17, 15) is 14.9 Å². The molecule has 0 saturated carbocycles. The number of carbonyl (C=O) groups is 1. The van der Waals surface area contributed by atoms with Crippen LogP contribution in [0.15, 0.2) is 60.9 Å². The first kappa shape index (κ1) is 19.2. The molecule has 0 radical (unpaired) electrons. The maximum atomic E-state index is 12.8. The summed E-state index contributed by atoms with van der Waals surface area (Å²) in [5.74, 6) is 0.362. The van der Waals surface area contributed by atoms with Gasteiger partial charge < -0.3 is 4.90 Å². The van der Waals surface area contributed by atoms with Gasteiger partial charge in [0.2, 0.25) is 5.91 Å². The van der Waals surface area contributed by atoms with Crippen LogP contribution in [0.4, 0.5) is 5.69 Å². The third-order valence-electron chi connectivity index (χ3n) is 4.31. The van der Waals surface area contributed by atoms with Crippen LogP contribution in [0.2, 0.25) is 0 Å². The summed E-state index contributed by atoms with van der Waals surface area (Å²) in [5, 5.41) is 15.1. The molecule has 2 aromatic carbocycles. The normalized spacial score (nSPS) is 10.8. The van der Waals surface area contributed by atoms with Crippen LogP contribution in [-0.4, -0.2) is 36.5 Å². The molecule has 8 heteroatoms. The minimum atomic E-state index is -0.457. The highest BCUT2D eigenvalue weighted by Crippen LogP contribution is 2.19. The molecule has 28 heavy (non-hydrogen) atoms. The van der Waals surface area contributed by atoms with E-state index in [1.807, 2.05) is 44.2 Å². The molecule has 0 N–H and O–H groups in total. The first-order valence-electron chi connectivity index (χ1n) is 8.91. The van der Waals surface area contributed by atoms with E-state index in [1.165, 1.54) is 23.1 Å². The Morgan fingerprint density at radius 3 is 2.43 bits per heavy atom. The van der Waals surface area contributed by atoms with E-state index >= 15 is 0 Å². The van der Waals surface area contributed by atoms with Crippen LogP contribution in [0.3, 0.4) is 0 Å². The number of non-ortho nitro benzene ring substituents is 1. The van der Waals surface area contributed by atoms with Gasteiger partial charge >= 0.3 is 0 Å². The number of carbonyl (C=O) groups excluding carboxylic acids is 1. The summed E-state index contributed by atoms with van der Waals surface area (Å²) in [6.45, 7) is 4.56. The maximum Gasteiger partial charge on any atom is 0.269 e. The minimum absolute atomic E-state index is 0.00634. The fourth-order valence-corrected chi connectivity index (χ4v) is 2.80. The zero-order valence-electron chi connectivity index (χ0n) is 15.7. The number of benzene rings is 2. The summed E-state index contributed by atoms with van der Waals surface area (Å²) in [4.78, 5) is 29.1. The Bertz CT molecular complexity index is 951. The van der Waals surface area contributed by atoms with Crippen molar-refractivity contribution in [3.63, 3.8) is 0 Å². The average Bonchev–Trinajstić information content (AvgIpc) is 3.15. The van der Waals surface area contributed by atoms with Crippen LogP contribution in [0.25, 0.3) is 11.4 Å². The van der Waals surface area contributed by atoms with Gasteiger partial charge in [-0.05, 0) is 31.5 Å². The highest BCUT2D eigenvalue weighted by Gasteiger charge is 2.18. The Labute approximate surface area is 162 Å². The number of nitro groups is 1. The van der Waals surface area contributed by atoms with Crippen LogP contribution in [0, 0.1) is 10.1 Å². The SMILES string of the molecule is CC(C)N(Cc1ccccc1)C(=O)Cn1cnc(-c2ccc([N+](=O)[O-])cc2)n1. The molecule has 0 bridgehead atoms. The molecule has 0 aliphatic rings. The van der Waals surface area contributed by atoms with Gasteiger partial charge in [-0.25, -0.2) is 9.67 Å². The molecule has 0 saturated heterocycles. The summed E-state index contributed by atoms with van der Waals surface area (Å²) in [6.07, 6.45) is 1.50. The maximum absolute atomic E-state index is 12.8.